The minimum atomic E-state index is 0.0660. The van der Waals surface area contributed by atoms with E-state index in [9.17, 15) is 4.79 Å². The van der Waals surface area contributed by atoms with Crippen molar-refractivity contribution in [1.29, 1.82) is 0 Å². The van der Waals surface area contributed by atoms with Gasteiger partial charge in [0.25, 0.3) is 0 Å². The van der Waals surface area contributed by atoms with Crippen LogP contribution >= 0.6 is 11.3 Å². The maximum Gasteiger partial charge on any atom is 0.171 e. The van der Waals surface area contributed by atoms with Gasteiger partial charge in [0.2, 0.25) is 0 Å². The molecule has 19 heavy (non-hydrogen) atoms. The van der Waals surface area contributed by atoms with Crippen LogP contribution in [-0.4, -0.2) is 44.4 Å². The van der Waals surface area contributed by atoms with Gasteiger partial charge in [-0.05, 0) is 38.9 Å². The fraction of sp³-hybridized carbons (Fsp3) is 0.643. The summed E-state index contributed by atoms with van der Waals surface area (Å²) in [4.78, 5) is 16.8. The lowest BCUT2D eigenvalue weighted by atomic mass is 9.96. The van der Waals surface area contributed by atoms with Crippen LogP contribution in [0.2, 0.25) is 0 Å². The Labute approximate surface area is 119 Å². The van der Waals surface area contributed by atoms with Gasteiger partial charge in [0, 0.05) is 26.6 Å². The predicted octanol–water partition coefficient (Wildman–Crippen LogP) is 2.31. The third-order valence-electron chi connectivity index (χ3n) is 3.62. The van der Waals surface area contributed by atoms with Gasteiger partial charge in [-0.1, -0.05) is 0 Å². The van der Waals surface area contributed by atoms with Crippen molar-refractivity contribution in [3.05, 3.63) is 10.9 Å². The summed E-state index contributed by atoms with van der Waals surface area (Å²) >= 11 is 1.53. The number of hydrogen-bond donors (Lipinski definition) is 1. The minimum Gasteiger partial charge on any atom is -0.397 e. The number of carbonyl (C=O) groups excluding carboxylic acids is 1. The molecule has 0 aliphatic carbocycles. The van der Waals surface area contributed by atoms with Crippen molar-refractivity contribution in [2.75, 3.05) is 44.4 Å². The lowest BCUT2D eigenvalue weighted by molar-refractivity contribution is 0.102. The Morgan fingerprint density at radius 3 is 2.58 bits per heavy atom. The number of rotatable bonds is 4. The van der Waals surface area contributed by atoms with E-state index in [1.807, 2.05) is 6.07 Å². The lowest BCUT2D eigenvalue weighted by Gasteiger charge is -2.33. The first kappa shape index (κ1) is 14.3. The molecule has 2 rings (SSSR count). The van der Waals surface area contributed by atoms with Gasteiger partial charge in [0.15, 0.2) is 5.78 Å². The zero-order valence-corrected chi connectivity index (χ0v) is 12.8. The topological polar surface area (TPSA) is 49.6 Å². The van der Waals surface area contributed by atoms with E-state index in [0.29, 0.717) is 10.6 Å². The van der Waals surface area contributed by atoms with Crippen molar-refractivity contribution in [1.82, 2.24) is 4.90 Å². The van der Waals surface area contributed by atoms with Crippen molar-refractivity contribution in [2.45, 2.75) is 19.8 Å². The number of nitrogen functional groups attached to an aromatic ring is 1. The van der Waals surface area contributed by atoms with Crippen molar-refractivity contribution in [2.24, 2.45) is 5.92 Å². The number of carbonyl (C=O) groups is 1. The van der Waals surface area contributed by atoms with E-state index < -0.39 is 0 Å². The van der Waals surface area contributed by atoms with Gasteiger partial charge < -0.3 is 15.5 Å². The van der Waals surface area contributed by atoms with E-state index in [-0.39, 0.29) is 5.78 Å². The lowest BCUT2D eigenvalue weighted by Crippen LogP contribution is -2.36. The van der Waals surface area contributed by atoms with Crippen LogP contribution in [0.25, 0.3) is 0 Å². The van der Waals surface area contributed by atoms with Gasteiger partial charge in [-0.25, -0.2) is 0 Å². The van der Waals surface area contributed by atoms with Gasteiger partial charge in [0.1, 0.15) is 0 Å². The van der Waals surface area contributed by atoms with Gasteiger partial charge >= 0.3 is 0 Å². The first-order valence-corrected chi connectivity index (χ1v) is 7.59. The van der Waals surface area contributed by atoms with Crippen LogP contribution in [0.1, 0.15) is 29.4 Å². The fourth-order valence-corrected chi connectivity index (χ4v) is 3.70. The fourth-order valence-electron chi connectivity index (χ4n) is 2.67. The third-order valence-corrected chi connectivity index (χ3v) is 4.93. The first-order chi connectivity index (χ1) is 8.97. The summed E-state index contributed by atoms with van der Waals surface area (Å²) in [5.74, 6) is 0.854. The Kier molecular flexibility index (Phi) is 4.47. The highest BCUT2D eigenvalue weighted by atomic mass is 32.1. The van der Waals surface area contributed by atoms with Crippen LogP contribution in [0.3, 0.4) is 0 Å². The number of anilines is 2. The van der Waals surface area contributed by atoms with E-state index in [4.69, 9.17) is 5.73 Å². The SMILES string of the molecule is CC(=O)c1sc(N2CCC(CN(C)C)CC2)cc1N. The highest BCUT2D eigenvalue weighted by Crippen LogP contribution is 2.34. The molecule has 1 aliphatic rings. The largest absolute Gasteiger partial charge is 0.397 e. The highest BCUT2D eigenvalue weighted by Gasteiger charge is 2.22. The molecule has 0 atom stereocenters. The molecular weight excluding hydrogens is 258 g/mol. The van der Waals surface area contributed by atoms with E-state index in [1.165, 1.54) is 30.7 Å². The van der Waals surface area contributed by atoms with E-state index in [2.05, 4.69) is 23.9 Å². The first-order valence-electron chi connectivity index (χ1n) is 6.77. The van der Waals surface area contributed by atoms with Crippen molar-refractivity contribution in [3.63, 3.8) is 0 Å². The van der Waals surface area contributed by atoms with Crippen LogP contribution < -0.4 is 10.6 Å². The molecule has 1 saturated heterocycles. The Bertz CT molecular complexity index is 448. The molecule has 0 bridgehead atoms. The van der Waals surface area contributed by atoms with Gasteiger partial charge in [-0.2, -0.15) is 0 Å². The summed E-state index contributed by atoms with van der Waals surface area (Å²) in [7, 11) is 4.26. The Morgan fingerprint density at radius 2 is 2.11 bits per heavy atom. The molecule has 1 aliphatic heterocycles. The summed E-state index contributed by atoms with van der Waals surface area (Å²) in [6.45, 7) is 4.88. The number of ketones is 1. The molecule has 2 heterocycles. The molecule has 1 aromatic rings. The van der Waals surface area contributed by atoms with Crippen molar-refractivity contribution >= 4 is 27.8 Å². The van der Waals surface area contributed by atoms with E-state index in [0.717, 1.165) is 24.0 Å². The molecule has 106 valence electrons. The Balaban J connectivity index is 1.98. The van der Waals surface area contributed by atoms with Crippen LogP contribution in [0.4, 0.5) is 10.7 Å². The average Bonchev–Trinajstić information content (AvgIpc) is 2.71. The molecule has 1 fully saturated rings. The van der Waals surface area contributed by atoms with Crippen LogP contribution in [-0.2, 0) is 0 Å². The molecule has 0 radical (unpaired) electrons. The molecule has 2 N–H and O–H groups in total. The molecular formula is C14H23N3OS. The normalized spacial score (nSPS) is 17.2. The zero-order chi connectivity index (χ0) is 14.0. The van der Waals surface area contributed by atoms with Gasteiger partial charge in [0.05, 0.1) is 15.6 Å². The third kappa shape index (κ3) is 3.48. The van der Waals surface area contributed by atoms with Crippen LogP contribution in [0.15, 0.2) is 6.07 Å². The molecule has 0 amide bonds. The maximum atomic E-state index is 11.4. The second-order valence-electron chi connectivity index (χ2n) is 5.62. The minimum absolute atomic E-state index is 0.0660. The monoisotopic (exact) mass is 281 g/mol. The molecule has 0 saturated carbocycles. The highest BCUT2D eigenvalue weighted by molar-refractivity contribution is 7.18. The maximum absolute atomic E-state index is 11.4. The summed E-state index contributed by atoms with van der Waals surface area (Å²) in [5, 5.41) is 1.14. The molecule has 0 unspecified atom stereocenters. The Morgan fingerprint density at radius 1 is 1.47 bits per heavy atom. The molecule has 1 aromatic heterocycles. The average molecular weight is 281 g/mol. The number of piperidine rings is 1. The standard InChI is InChI=1S/C14H23N3OS/c1-10(18)14-12(15)8-13(19-14)17-6-4-11(5-7-17)9-16(2)3/h8,11H,4-7,9,15H2,1-3H3. The molecule has 0 aromatic carbocycles. The van der Waals surface area contributed by atoms with E-state index >= 15 is 0 Å². The van der Waals surface area contributed by atoms with Crippen molar-refractivity contribution in [3.8, 4) is 0 Å². The van der Waals surface area contributed by atoms with E-state index in [1.54, 1.807) is 6.92 Å². The summed E-state index contributed by atoms with van der Waals surface area (Å²) in [6, 6.07) is 1.95. The van der Waals surface area contributed by atoms with Crippen LogP contribution in [0, 0.1) is 5.92 Å². The van der Waals surface area contributed by atoms with Crippen molar-refractivity contribution < 1.29 is 4.79 Å². The second-order valence-corrected chi connectivity index (χ2v) is 6.65. The number of nitrogens with two attached hydrogens (primary N) is 1. The number of thiophene rings is 1. The number of nitrogens with zero attached hydrogens (tertiary/aromatic N) is 2. The van der Waals surface area contributed by atoms with Gasteiger partial charge in [-0.15, -0.1) is 11.3 Å². The summed E-state index contributed by atoms with van der Waals surface area (Å²) in [5.41, 5.74) is 6.53. The number of hydrogen-bond acceptors (Lipinski definition) is 5. The summed E-state index contributed by atoms with van der Waals surface area (Å²) < 4.78 is 0. The molecule has 5 heteroatoms. The summed E-state index contributed by atoms with van der Waals surface area (Å²) in [6.07, 6.45) is 2.43. The predicted molar refractivity (Wildman–Crippen MR) is 82.2 cm³/mol. The number of Topliss-reactive ketones (excluding diaryl/α,β-unsaturated/α-hetero) is 1. The molecule has 0 spiro atoms. The van der Waals surface area contributed by atoms with Gasteiger partial charge in [-0.3, -0.25) is 4.79 Å². The second kappa shape index (κ2) is 5.92. The van der Waals surface area contributed by atoms with Crippen LogP contribution in [0.5, 0.6) is 0 Å². The smallest absolute Gasteiger partial charge is 0.171 e. The quantitative estimate of drug-likeness (QED) is 0.861. The molecule has 4 nitrogen and oxygen atoms in total. The zero-order valence-electron chi connectivity index (χ0n) is 12.0. The Hall–Kier alpha value is -1.07.